The van der Waals surface area contributed by atoms with Crippen LogP contribution in [0.25, 0.3) is 0 Å². The van der Waals surface area contributed by atoms with Gasteiger partial charge in [0.25, 0.3) is 5.91 Å². The number of methoxy groups -OCH3 is 1. The largest absolute Gasteiger partial charge is 0.497 e. The van der Waals surface area contributed by atoms with Gasteiger partial charge in [-0.05, 0) is 67.8 Å². The predicted octanol–water partition coefficient (Wildman–Crippen LogP) is 4.71. The van der Waals surface area contributed by atoms with Crippen molar-refractivity contribution in [2.75, 3.05) is 13.7 Å². The molecule has 0 saturated carbocycles. The maximum absolute atomic E-state index is 13.2. The highest BCUT2D eigenvalue weighted by Gasteiger charge is 2.21. The Morgan fingerprint density at radius 2 is 1.82 bits per heavy atom. The minimum Gasteiger partial charge on any atom is -0.497 e. The minimum absolute atomic E-state index is 0.0109. The van der Waals surface area contributed by atoms with Gasteiger partial charge in [-0.2, -0.15) is 0 Å². The van der Waals surface area contributed by atoms with Crippen LogP contribution in [-0.4, -0.2) is 30.6 Å². The van der Waals surface area contributed by atoms with E-state index in [9.17, 15) is 9.59 Å². The van der Waals surface area contributed by atoms with Crippen LogP contribution < -0.4 is 14.8 Å². The van der Waals surface area contributed by atoms with E-state index in [-0.39, 0.29) is 24.9 Å². The second-order valence-corrected chi connectivity index (χ2v) is 7.90. The normalized spacial score (nSPS) is 11.4. The third-order valence-electron chi connectivity index (χ3n) is 5.31. The first kappa shape index (κ1) is 24.8. The second kappa shape index (κ2) is 11.8. The lowest BCUT2D eigenvalue weighted by molar-refractivity contribution is -0.143. The van der Waals surface area contributed by atoms with Crippen LogP contribution in [0.5, 0.6) is 11.5 Å². The number of hydrogen-bond acceptors (Lipinski definition) is 6. The van der Waals surface area contributed by atoms with Crippen LogP contribution in [0.1, 0.15) is 52.0 Å². The smallest absolute Gasteiger partial charge is 0.308 e. The summed E-state index contributed by atoms with van der Waals surface area (Å²) >= 11 is 0. The van der Waals surface area contributed by atoms with Crippen molar-refractivity contribution >= 4 is 11.9 Å². The maximum Gasteiger partial charge on any atom is 0.308 e. The molecule has 0 aliphatic carbocycles. The van der Waals surface area contributed by atoms with E-state index < -0.39 is 6.04 Å². The molecule has 0 aliphatic heterocycles. The number of carbonyl (C=O) groups excluding carboxylic acids is 2. The lowest BCUT2D eigenvalue weighted by Gasteiger charge is -2.20. The molecule has 0 spiro atoms. The Morgan fingerprint density at radius 3 is 2.47 bits per heavy atom. The molecule has 2 aromatic carbocycles. The number of benzene rings is 2. The minimum atomic E-state index is -0.566. The first-order valence-corrected chi connectivity index (χ1v) is 11.1. The quantitative estimate of drug-likeness (QED) is 0.439. The summed E-state index contributed by atoms with van der Waals surface area (Å²) in [6.07, 6.45) is 3.49. The molecule has 1 unspecified atom stereocenters. The van der Waals surface area contributed by atoms with E-state index in [2.05, 4.69) is 10.3 Å². The highest BCUT2D eigenvalue weighted by molar-refractivity contribution is 5.95. The molecule has 0 radical (unpaired) electrons. The van der Waals surface area contributed by atoms with Gasteiger partial charge in [-0.1, -0.05) is 18.2 Å². The summed E-state index contributed by atoms with van der Waals surface area (Å²) in [5, 5.41) is 2.98. The summed E-state index contributed by atoms with van der Waals surface area (Å²) in [6, 6.07) is 14.1. The van der Waals surface area contributed by atoms with E-state index in [0.29, 0.717) is 17.9 Å². The summed E-state index contributed by atoms with van der Waals surface area (Å²) in [5.74, 6) is 0.697. The molecule has 1 amide bonds. The molecule has 0 bridgehead atoms. The average molecular weight is 463 g/mol. The molecule has 7 nitrogen and oxygen atoms in total. The fourth-order valence-electron chi connectivity index (χ4n) is 3.69. The highest BCUT2D eigenvalue weighted by Crippen LogP contribution is 2.27. The van der Waals surface area contributed by atoms with Crippen molar-refractivity contribution in [2.24, 2.45) is 0 Å². The molecule has 3 rings (SSSR count). The van der Waals surface area contributed by atoms with Gasteiger partial charge in [0.2, 0.25) is 0 Å². The second-order valence-electron chi connectivity index (χ2n) is 7.90. The summed E-state index contributed by atoms with van der Waals surface area (Å²) in [6.45, 7) is 6.22. The molecular weight excluding hydrogens is 432 g/mol. The van der Waals surface area contributed by atoms with Gasteiger partial charge < -0.3 is 19.5 Å². The van der Waals surface area contributed by atoms with Gasteiger partial charge in [-0.15, -0.1) is 0 Å². The van der Waals surface area contributed by atoms with Gasteiger partial charge in [0.05, 0.1) is 26.2 Å². The number of carbonyl (C=O) groups is 2. The van der Waals surface area contributed by atoms with Crippen LogP contribution in [0.4, 0.5) is 0 Å². The van der Waals surface area contributed by atoms with E-state index in [4.69, 9.17) is 14.2 Å². The molecule has 1 aromatic heterocycles. The summed E-state index contributed by atoms with van der Waals surface area (Å²) in [5.41, 5.74) is 3.89. The number of nitrogens with one attached hydrogen (secondary N) is 1. The highest BCUT2D eigenvalue weighted by atomic mass is 16.5. The molecule has 1 heterocycles. The van der Waals surface area contributed by atoms with E-state index in [0.717, 1.165) is 28.0 Å². The monoisotopic (exact) mass is 462 g/mol. The van der Waals surface area contributed by atoms with E-state index in [1.165, 1.54) is 0 Å². The van der Waals surface area contributed by atoms with Crippen LogP contribution in [0.15, 0.2) is 60.9 Å². The van der Waals surface area contributed by atoms with E-state index in [1.807, 2.05) is 44.2 Å². The Labute approximate surface area is 200 Å². The van der Waals surface area contributed by atoms with Gasteiger partial charge in [0, 0.05) is 23.5 Å². The van der Waals surface area contributed by atoms with Crippen molar-refractivity contribution in [3.63, 3.8) is 0 Å². The Bertz CT molecular complexity index is 1110. The molecule has 7 heteroatoms. The van der Waals surface area contributed by atoms with Crippen LogP contribution in [-0.2, 0) is 16.1 Å². The van der Waals surface area contributed by atoms with Crippen molar-refractivity contribution in [1.82, 2.24) is 10.3 Å². The maximum atomic E-state index is 13.2. The molecular formula is C27H30N2O5. The first-order valence-electron chi connectivity index (χ1n) is 11.1. The van der Waals surface area contributed by atoms with Gasteiger partial charge in [-0.25, -0.2) is 0 Å². The molecule has 0 fully saturated rings. The number of ether oxygens (including phenoxy) is 3. The number of pyridine rings is 1. The third kappa shape index (κ3) is 6.57. The van der Waals surface area contributed by atoms with Crippen LogP contribution in [0.3, 0.4) is 0 Å². The van der Waals surface area contributed by atoms with Crippen molar-refractivity contribution in [3.05, 3.63) is 88.7 Å². The zero-order valence-corrected chi connectivity index (χ0v) is 20.0. The van der Waals surface area contributed by atoms with Crippen molar-refractivity contribution in [2.45, 2.75) is 39.8 Å². The summed E-state index contributed by atoms with van der Waals surface area (Å²) in [4.78, 5) is 29.5. The molecule has 34 heavy (non-hydrogen) atoms. The Hall–Kier alpha value is -3.87. The Kier molecular flexibility index (Phi) is 8.62. The third-order valence-corrected chi connectivity index (χ3v) is 5.31. The van der Waals surface area contributed by atoms with Crippen LogP contribution >= 0.6 is 0 Å². The molecule has 0 aliphatic rings. The summed E-state index contributed by atoms with van der Waals surface area (Å²) < 4.78 is 16.4. The van der Waals surface area contributed by atoms with E-state index >= 15 is 0 Å². The number of rotatable bonds is 10. The van der Waals surface area contributed by atoms with Gasteiger partial charge in [-0.3, -0.25) is 14.6 Å². The molecule has 1 N–H and O–H groups in total. The molecule has 178 valence electrons. The van der Waals surface area contributed by atoms with Crippen molar-refractivity contribution < 1.29 is 23.8 Å². The number of aromatic nitrogens is 1. The Balaban J connectivity index is 1.79. The van der Waals surface area contributed by atoms with Crippen molar-refractivity contribution in [1.29, 1.82) is 0 Å². The molecule has 0 saturated heterocycles. The number of nitrogens with zero attached hydrogens (tertiary/aromatic N) is 1. The number of esters is 1. The van der Waals surface area contributed by atoms with Gasteiger partial charge in [0.15, 0.2) is 0 Å². The lowest BCUT2D eigenvalue weighted by Crippen LogP contribution is -2.31. The van der Waals surface area contributed by atoms with E-state index in [1.54, 1.807) is 44.6 Å². The average Bonchev–Trinajstić information content (AvgIpc) is 2.83. The fourth-order valence-corrected chi connectivity index (χ4v) is 3.69. The predicted molar refractivity (Wildman–Crippen MR) is 129 cm³/mol. The number of amides is 1. The standard InChI is InChI=1S/C27H30N2O5/c1-5-33-25(30)15-24(21-9-6-10-23(14-21)32-4)29-27(31)22-12-18(2)26(19(3)13-22)34-17-20-8-7-11-28-16-20/h6-14,16,24H,5,15,17H2,1-4H3,(H,29,31). The molecule has 3 aromatic rings. The van der Waals surface area contributed by atoms with Gasteiger partial charge in [0.1, 0.15) is 18.1 Å². The number of hydrogen-bond donors (Lipinski definition) is 1. The molecule has 1 atom stereocenters. The topological polar surface area (TPSA) is 86.8 Å². The SMILES string of the molecule is CCOC(=O)CC(NC(=O)c1cc(C)c(OCc2cccnc2)c(C)c1)c1cccc(OC)c1. The zero-order valence-electron chi connectivity index (χ0n) is 20.0. The lowest BCUT2D eigenvalue weighted by atomic mass is 10.0. The van der Waals surface area contributed by atoms with Crippen LogP contribution in [0.2, 0.25) is 0 Å². The Morgan fingerprint density at radius 1 is 1.06 bits per heavy atom. The number of aryl methyl sites for hydroxylation is 2. The zero-order chi connectivity index (χ0) is 24.5. The van der Waals surface area contributed by atoms with Crippen LogP contribution in [0, 0.1) is 13.8 Å². The fraction of sp³-hybridized carbons (Fsp3) is 0.296. The van der Waals surface area contributed by atoms with Gasteiger partial charge >= 0.3 is 5.97 Å². The first-order chi connectivity index (χ1) is 16.4. The van der Waals surface area contributed by atoms with Crippen molar-refractivity contribution in [3.8, 4) is 11.5 Å². The summed E-state index contributed by atoms with van der Waals surface area (Å²) in [7, 11) is 1.57.